The molecule has 0 unspecified atom stereocenters. The molecule has 0 spiro atoms. The molecule has 1 saturated carbocycles. The second-order valence-corrected chi connectivity index (χ2v) is 10.4. The zero-order valence-corrected chi connectivity index (χ0v) is 21.2. The van der Waals surface area contributed by atoms with E-state index in [1.807, 2.05) is 54.3 Å². The number of rotatable bonds is 6. The van der Waals surface area contributed by atoms with Crippen molar-refractivity contribution < 1.29 is 14.6 Å². The summed E-state index contributed by atoms with van der Waals surface area (Å²) in [6.45, 7) is 3.03. The first-order valence-electron chi connectivity index (χ1n) is 13.0. The summed E-state index contributed by atoms with van der Waals surface area (Å²) in [5, 5.41) is 16.0. The van der Waals surface area contributed by atoms with E-state index < -0.39 is 5.60 Å². The number of aliphatic hydroxyl groups is 1. The summed E-state index contributed by atoms with van der Waals surface area (Å²) in [5.41, 5.74) is 1.11. The fourth-order valence-corrected chi connectivity index (χ4v) is 5.26. The monoisotopic (exact) mass is 514 g/mol. The van der Waals surface area contributed by atoms with Crippen molar-refractivity contribution in [1.29, 1.82) is 0 Å². The molecule has 0 atom stereocenters. The third-order valence-electron chi connectivity index (χ3n) is 7.67. The lowest BCUT2D eigenvalue weighted by Gasteiger charge is -2.42. The number of pyridine rings is 1. The van der Waals surface area contributed by atoms with Crippen LogP contribution >= 0.6 is 0 Å². The zero-order chi connectivity index (χ0) is 26.3. The van der Waals surface area contributed by atoms with Crippen LogP contribution in [0.2, 0.25) is 0 Å². The van der Waals surface area contributed by atoms with Gasteiger partial charge in [-0.3, -0.25) is 14.2 Å². The van der Waals surface area contributed by atoms with Gasteiger partial charge in [-0.25, -0.2) is 14.6 Å². The largest absolute Gasteiger partial charge is 0.474 e. The summed E-state index contributed by atoms with van der Waals surface area (Å²) < 4.78 is 8.92. The van der Waals surface area contributed by atoms with Crippen LogP contribution in [0.3, 0.4) is 0 Å². The van der Waals surface area contributed by atoms with Gasteiger partial charge in [0, 0.05) is 31.3 Å². The van der Waals surface area contributed by atoms with Crippen molar-refractivity contribution in [1.82, 2.24) is 29.2 Å². The smallest absolute Gasteiger partial charge is 0.264 e. The number of aromatic nitrogens is 5. The minimum absolute atomic E-state index is 0.00484. The summed E-state index contributed by atoms with van der Waals surface area (Å²) in [6, 6.07) is 13.4. The Morgan fingerprint density at radius 3 is 2.58 bits per heavy atom. The molecule has 0 radical (unpaired) electrons. The number of amides is 1. The highest BCUT2D eigenvalue weighted by atomic mass is 16.5. The molecule has 4 aromatic rings. The molecule has 1 aromatic carbocycles. The lowest BCUT2D eigenvalue weighted by Crippen LogP contribution is -2.53. The van der Waals surface area contributed by atoms with Crippen LogP contribution in [-0.4, -0.2) is 65.0 Å². The maximum absolute atomic E-state index is 13.2. The number of piperidine rings is 1. The first-order valence-corrected chi connectivity index (χ1v) is 13.0. The summed E-state index contributed by atoms with van der Waals surface area (Å²) in [6.07, 6.45) is 6.83. The van der Waals surface area contributed by atoms with Crippen LogP contribution in [0.4, 0.5) is 0 Å². The van der Waals surface area contributed by atoms with Crippen LogP contribution in [0, 0.1) is 12.8 Å². The third kappa shape index (κ3) is 4.67. The van der Waals surface area contributed by atoms with Gasteiger partial charge in [-0.1, -0.05) is 23.8 Å². The molecule has 1 aliphatic heterocycles. The van der Waals surface area contributed by atoms with E-state index in [1.165, 1.54) is 17.1 Å². The minimum atomic E-state index is -1.09. The van der Waals surface area contributed by atoms with Crippen molar-refractivity contribution in [2.75, 3.05) is 13.1 Å². The van der Waals surface area contributed by atoms with E-state index in [0.29, 0.717) is 55.7 Å². The molecule has 3 aromatic heterocycles. The molecular weight excluding hydrogens is 484 g/mol. The molecule has 10 heteroatoms. The van der Waals surface area contributed by atoms with Crippen LogP contribution in [-0.2, 0) is 11.3 Å². The van der Waals surface area contributed by atoms with Crippen LogP contribution < -0.4 is 10.3 Å². The van der Waals surface area contributed by atoms with Crippen LogP contribution in [0.1, 0.15) is 31.2 Å². The highest BCUT2D eigenvalue weighted by Crippen LogP contribution is 2.34. The first kappa shape index (κ1) is 24.3. The maximum Gasteiger partial charge on any atom is 0.264 e. The highest BCUT2D eigenvalue weighted by Gasteiger charge is 2.41. The fourth-order valence-electron chi connectivity index (χ4n) is 5.26. The van der Waals surface area contributed by atoms with Crippen molar-refractivity contribution in [3.05, 3.63) is 77.1 Å². The van der Waals surface area contributed by atoms with E-state index in [-0.39, 0.29) is 30.0 Å². The number of carbonyl (C=O) groups is 1. The van der Waals surface area contributed by atoms with Gasteiger partial charge in [0.15, 0.2) is 5.65 Å². The Morgan fingerprint density at radius 2 is 1.87 bits per heavy atom. The van der Waals surface area contributed by atoms with Crippen LogP contribution in [0.5, 0.6) is 5.88 Å². The van der Waals surface area contributed by atoms with Crippen LogP contribution in [0.25, 0.3) is 16.7 Å². The molecule has 2 fully saturated rings. The number of hydrogen-bond donors (Lipinski definition) is 1. The van der Waals surface area contributed by atoms with Crippen molar-refractivity contribution >= 4 is 16.9 Å². The Bertz CT molecular complexity index is 1500. The van der Waals surface area contributed by atoms with Gasteiger partial charge >= 0.3 is 0 Å². The average Bonchev–Trinajstić information content (AvgIpc) is 3.34. The summed E-state index contributed by atoms with van der Waals surface area (Å²) in [7, 11) is 0. The van der Waals surface area contributed by atoms with Gasteiger partial charge in [0.05, 0.1) is 24.0 Å². The molecule has 4 heterocycles. The van der Waals surface area contributed by atoms with E-state index in [2.05, 4.69) is 15.1 Å². The highest BCUT2D eigenvalue weighted by molar-refractivity contribution is 5.80. The van der Waals surface area contributed by atoms with Gasteiger partial charge in [-0.05, 0) is 50.8 Å². The number of hydrogen-bond acceptors (Lipinski definition) is 7. The van der Waals surface area contributed by atoms with Gasteiger partial charge in [0.25, 0.3) is 5.56 Å². The van der Waals surface area contributed by atoms with Gasteiger partial charge in [0.1, 0.15) is 17.8 Å². The van der Waals surface area contributed by atoms with Gasteiger partial charge in [0.2, 0.25) is 11.8 Å². The Hall–Kier alpha value is -4.05. The molecule has 1 N–H and O–H groups in total. The number of carbonyl (C=O) groups excluding carboxylic acids is 1. The molecular formula is C28H30N6O4. The lowest BCUT2D eigenvalue weighted by molar-refractivity contribution is -0.146. The predicted molar refractivity (Wildman–Crippen MR) is 140 cm³/mol. The minimum Gasteiger partial charge on any atom is -0.474 e. The van der Waals surface area contributed by atoms with E-state index >= 15 is 0 Å². The SMILES string of the molecule is Cc1ccc(-n2ncc3c(=O)n(CC4(O)CCN(C(=O)C5CC(Oc6ccccn6)C5)CC4)cnc32)cc1. The third-order valence-corrected chi connectivity index (χ3v) is 7.67. The molecule has 10 nitrogen and oxygen atoms in total. The molecule has 38 heavy (non-hydrogen) atoms. The van der Waals surface area contributed by atoms with Crippen molar-refractivity contribution in [3.8, 4) is 11.6 Å². The number of benzene rings is 1. The van der Waals surface area contributed by atoms with Crippen molar-refractivity contribution in [2.24, 2.45) is 5.92 Å². The number of aryl methyl sites for hydroxylation is 1. The molecule has 6 rings (SSSR count). The average molecular weight is 515 g/mol. The van der Waals surface area contributed by atoms with E-state index in [4.69, 9.17) is 4.74 Å². The topological polar surface area (TPSA) is 115 Å². The van der Waals surface area contributed by atoms with Crippen molar-refractivity contribution in [2.45, 2.75) is 50.9 Å². The standard InChI is InChI=1S/C28H30N6O4/c1-19-5-7-21(8-6-19)34-25-23(16-31-34)27(36)33(18-30-25)17-28(37)9-12-32(13-10-28)26(35)20-14-22(15-20)38-24-4-2-3-11-29-24/h2-8,11,16,18,20,22,37H,9-10,12-15,17H2,1H3. The fraction of sp³-hybridized carbons (Fsp3) is 0.393. The zero-order valence-electron chi connectivity index (χ0n) is 21.2. The second kappa shape index (κ2) is 9.68. The summed E-state index contributed by atoms with van der Waals surface area (Å²) >= 11 is 0. The molecule has 2 aliphatic rings. The maximum atomic E-state index is 13.2. The Morgan fingerprint density at radius 1 is 1.11 bits per heavy atom. The second-order valence-electron chi connectivity index (χ2n) is 10.4. The Labute approximate surface area is 219 Å². The van der Waals surface area contributed by atoms with E-state index in [9.17, 15) is 14.7 Å². The molecule has 1 aliphatic carbocycles. The number of nitrogens with zero attached hydrogens (tertiary/aromatic N) is 6. The summed E-state index contributed by atoms with van der Waals surface area (Å²) in [5.74, 6) is 0.628. The Balaban J connectivity index is 1.07. The molecule has 196 valence electrons. The van der Waals surface area contributed by atoms with Gasteiger partial charge in [-0.15, -0.1) is 0 Å². The number of ether oxygens (including phenoxy) is 1. The van der Waals surface area contributed by atoms with Gasteiger partial charge < -0.3 is 14.7 Å². The summed E-state index contributed by atoms with van der Waals surface area (Å²) in [4.78, 5) is 36.7. The van der Waals surface area contributed by atoms with E-state index in [0.717, 1.165) is 11.3 Å². The molecule has 1 saturated heterocycles. The lowest BCUT2D eigenvalue weighted by atomic mass is 9.80. The van der Waals surface area contributed by atoms with Crippen molar-refractivity contribution in [3.63, 3.8) is 0 Å². The Kier molecular flexibility index (Phi) is 6.19. The quantitative estimate of drug-likeness (QED) is 0.420. The normalized spacial score (nSPS) is 20.7. The van der Waals surface area contributed by atoms with E-state index in [1.54, 1.807) is 10.9 Å². The number of fused-ring (bicyclic) bond motifs is 1. The first-order chi connectivity index (χ1) is 18.4. The van der Waals surface area contributed by atoms with Gasteiger partial charge in [-0.2, -0.15) is 5.10 Å². The molecule has 0 bridgehead atoms. The number of likely N-dealkylation sites (tertiary alicyclic amines) is 1. The predicted octanol–water partition coefficient (Wildman–Crippen LogP) is 2.50. The molecule has 1 amide bonds. The van der Waals surface area contributed by atoms with Crippen LogP contribution in [0.15, 0.2) is 66.0 Å².